The maximum Gasteiger partial charge on any atom is 0.262 e. The van der Waals surface area contributed by atoms with Gasteiger partial charge in [-0.05, 0) is 44.5 Å². The predicted molar refractivity (Wildman–Crippen MR) is 98.8 cm³/mol. The Labute approximate surface area is 157 Å². The highest BCUT2D eigenvalue weighted by Crippen LogP contribution is 2.28. The number of benzene rings is 2. The summed E-state index contributed by atoms with van der Waals surface area (Å²) in [6.07, 6.45) is -0.836. The van der Waals surface area contributed by atoms with E-state index in [0.717, 1.165) is 5.56 Å². The minimum Gasteiger partial charge on any atom is -0.479 e. The van der Waals surface area contributed by atoms with E-state index in [2.05, 4.69) is 11.4 Å². The molecule has 6 heteroatoms. The fraction of sp³-hybridized carbons (Fsp3) is 0.263. The third kappa shape index (κ3) is 4.66. The van der Waals surface area contributed by atoms with Gasteiger partial charge in [0, 0.05) is 5.02 Å². The van der Waals surface area contributed by atoms with Crippen molar-refractivity contribution < 1.29 is 9.53 Å². The van der Waals surface area contributed by atoms with E-state index in [1.54, 1.807) is 26.0 Å². The number of aryl methyl sites for hydroxylation is 1. The summed E-state index contributed by atoms with van der Waals surface area (Å²) >= 11 is 11.9. The molecule has 130 valence electrons. The molecule has 0 radical (unpaired) electrons. The fourth-order valence-corrected chi connectivity index (χ4v) is 2.67. The Hall–Kier alpha value is -2.22. The summed E-state index contributed by atoms with van der Waals surface area (Å²) in [5.41, 5.74) is 0.613. The summed E-state index contributed by atoms with van der Waals surface area (Å²) in [4.78, 5) is 12.5. The molecule has 2 atom stereocenters. The molecule has 2 unspecified atom stereocenters. The number of halogens is 2. The maximum absolute atomic E-state index is 12.5. The minimum absolute atomic E-state index is 0.314. The van der Waals surface area contributed by atoms with Crippen LogP contribution in [-0.4, -0.2) is 12.0 Å². The molecule has 1 N–H and O–H groups in total. The minimum atomic E-state index is -1.16. The maximum atomic E-state index is 12.5. The molecule has 4 nitrogen and oxygen atoms in total. The van der Waals surface area contributed by atoms with Gasteiger partial charge >= 0.3 is 0 Å². The summed E-state index contributed by atoms with van der Waals surface area (Å²) in [5.74, 6) is -0.0710. The van der Waals surface area contributed by atoms with E-state index in [-0.39, 0.29) is 0 Å². The highest BCUT2D eigenvalue weighted by Gasteiger charge is 2.31. The van der Waals surface area contributed by atoms with Crippen LogP contribution in [0.1, 0.15) is 25.0 Å². The van der Waals surface area contributed by atoms with Crippen LogP contribution in [0, 0.1) is 18.3 Å². The van der Waals surface area contributed by atoms with Gasteiger partial charge in [0.15, 0.2) is 6.10 Å². The zero-order valence-corrected chi connectivity index (χ0v) is 15.7. The Balaban J connectivity index is 2.13. The molecule has 0 aliphatic rings. The van der Waals surface area contributed by atoms with E-state index in [1.807, 2.05) is 31.2 Å². The van der Waals surface area contributed by atoms with Gasteiger partial charge in [-0.25, -0.2) is 0 Å². The smallest absolute Gasteiger partial charge is 0.262 e. The Morgan fingerprint density at radius 3 is 2.44 bits per heavy atom. The molecule has 25 heavy (non-hydrogen) atoms. The topological polar surface area (TPSA) is 62.1 Å². The number of nitriles is 1. The van der Waals surface area contributed by atoms with Crippen LogP contribution in [0.25, 0.3) is 0 Å². The lowest BCUT2D eigenvalue weighted by Crippen LogP contribution is -2.47. The molecule has 0 fully saturated rings. The molecule has 0 aromatic heterocycles. The number of nitrogens with one attached hydrogen (secondary N) is 1. The van der Waals surface area contributed by atoms with Gasteiger partial charge in [-0.15, -0.1) is 0 Å². The first kappa shape index (κ1) is 19.1. The lowest BCUT2D eigenvalue weighted by Gasteiger charge is -2.26. The zero-order valence-electron chi connectivity index (χ0n) is 14.1. The SMILES string of the molecule is Cc1ccc(C(C)(C#N)NC(=O)C(C)Oc2ccc(Cl)cc2Cl)cc1. The molecule has 0 heterocycles. The van der Waals surface area contributed by atoms with E-state index in [4.69, 9.17) is 27.9 Å². The second-order valence-corrected chi connectivity index (χ2v) is 6.77. The van der Waals surface area contributed by atoms with Crippen LogP contribution in [0.2, 0.25) is 10.0 Å². The molecule has 0 saturated heterocycles. The van der Waals surface area contributed by atoms with Crippen LogP contribution in [-0.2, 0) is 10.3 Å². The first-order valence-corrected chi connectivity index (χ1v) is 8.43. The summed E-state index contributed by atoms with van der Waals surface area (Å²) in [6.45, 7) is 5.20. The Kier molecular flexibility index (Phi) is 5.94. The lowest BCUT2D eigenvalue weighted by molar-refractivity contribution is -0.128. The molecule has 2 aromatic carbocycles. The Morgan fingerprint density at radius 1 is 1.24 bits per heavy atom. The number of rotatable bonds is 5. The number of nitrogens with zero attached hydrogens (tertiary/aromatic N) is 1. The number of ether oxygens (including phenoxy) is 1. The van der Waals surface area contributed by atoms with Crippen molar-refractivity contribution >= 4 is 29.1 Å². The van der Waals surface area contributed by atoms with E-state index in [9.17, 15) is 10.1 Å². The quantitative estimate of drug-likeness (QED) is 0.827. The van der Waals surface area contributed by atoms with Gasteiger partial charge in [0.2, 0.25) is 0 Å². The van der Waals surface area contributed by atoms with Crippen LogP contribution in [0.5, 0.6) is 5.75 Å². The van der Waals surface area contributed by atoms with Gasteiger partial charge < -0.3 is 10.1 Å². The molecule has 0 spiro atoms. The first-order valence-electron chi connectivity index (χ1n) is 7.67. The average molecular weight is 377 g/mol. The normalized spacial score (nSPS) is 14.1. The molecular formula is C19H18Cl2N2O2. The van der Waals surface area contributed by atoms with E-state index >= 15 is 0 Å². The van der Waals surface area contributed by atoms with Gasteiger partial charge in [0.1, 0.15) is 11.3 Å². The highest BCUT2D eigenvalue weighted by molar-refractivity contribution is 6.35. The Bertz CT molecular complexity index is 815. The van der Waals surface area contributed by atoms with Crippen molar-refractivity contribution in [3.63, 3.8) is 0 Å². The zero-order chi connectivity index (χ0) is 18.6. The molecule has 2 aromatic rings. The van der Waals surface area contributed by atoms with Gasteiger partial charge in [0.25, 0.3) is 5.91 Å². The molecule has 0 aliphatic heterocycles. The second kappa shape index (κ2) is 7.77. The van der Waals surface area contributed by atoms with Crippen molar-refractivity contribution in [3.05, 3.63) is 63.6 Å². The third-order valence-corrected chi connectivity index (χ3v) is 4.32. The van der Waals surface area contributed by atoms with Crippen LogP contribution >= 0.6 is 23.2 Å². The predicted octanol–water partition coefficient (Wildman–Crippen LogP) is 4.62. The lowest BCUT2D eigenvalue weighted by atomic mass is 9.92. The van der Waals surface area contributed by atoms with Crippen LogP contribution in [0.15, 0.2) is 42.5 Å². The summed E-state index contributed by atoms with van der Waals surface area (Å²) < 4.78 is 5.60. The number of hydrogen-bond acceptors (Lipinski definition) is 3. The average Bonchev–Trinajstić information content (AvgIpc) is 2.57. The van der Waals surface area contributed by atoms with Gasteiger partial charge in [-0.2, -0.15) is 5.26 Å². The van der Waals surface area contributed by atoms with Gasteiger partial charge in [-0.1, -0.05) is 53.0 Å². The number of carbonyl (C=O) groups excluding carboxylic acids is 1. The first-order chi connectivity index (χ1) is 11.7. The number of hydrogen-bond donors (Lipinski definition) is 1. The number of amides is 1. The summed E-state index contributed by atoms with van der Waals surface area (Å²) in [5, 5.41) is 13.1. The van der Waals surface area contributed by atoms with Crippen molar-refractivity contribution in [1.82, 2.24) is 5.32 Å². The van der Waals surface area contributed by atoms with Gasteiger partial charge in [-0.3, -0.25) is 4.79 Å². The van der Waals surface area contributed by atoms with E-state index < -0.39 is 17.6 Å². The number of carbonyl (C=O) groups is 1. The molecular weight excluding hydrogens is 359 g/mol. The molecule has 0 aliphatic carbocycles. The van der Waals surface area contributed by atoms with E-state index in [0.29, 0.717) is 21.4 Å². The van der Waals surface area contributed by atoms with Crippen molar-refractivity contribution in [2.45, 2.75) is 32.4 Å². The Morgan fingerprint density at radius 2 is 1.88 bits per heavy atom. The molecule has 0 bridgehead atoms. The van der Waals surface area contributed by atoms with Crippen LogP contribution in [0.3, 0.4) is 0 Å². The molecule has 1 amide bonds. The summed E-state index contributed by atoms with van der Waals surface area (Å²) in [7, 11) is 0. The van der Waals surface area contributed by atoms with Crippen LogP contribution < -0.4 is 10.1 Å². The van der Waals surface area contributed by atoms with Crippen molar-refractivity contribution in [2.75, 3.05) is 0 Å². The summed E-state index contributed by atoms with van der Waals surface area (Å²) in [6, 6.07) is 14.3. The second-order valence-electron chi connectivity index (χ2n) is 5.93. The van der Waals surface area contributed by atoms with Crippen LogP contribution in [0.4, 0.5) is 0 Å². The fourth-order valence-electron chi connectivity index (χ4n) is 2.21. The van der Waals surface area contributed by atoms with Crippen molar-refractivity contribution in [3.8, 4) is 11.8 Å². The standard InChI is InChI=1S/C19H18Cl2N2O2/c1-12-4-6-14(7-5-12)19(3,11-22)23-18(24)13(2)25-17-9-8-15(20)10-16(17)21/h4-10,13H,1-3H3,(H,23,24). The molecule has 0 saturated carbocycles. The van der Waals surface area contributed by atoms with Gasteiger partial charge in [0.05, 0.1) is 11.1 Å². The molecule has 2 rings (SSSR count). The third-order valence-electron chi connectivity index (χ3n) is 3.79. The largest absolute Gasteiger partial charge is 0.479 e. The van der Waals surface area contributed by atoms with Crippen molar-refractivity contribution in [1.29, 1.82) is 5.26 Å². The van der Waals surface area contributed by atoms with E-state index in [1.165, 1.54) is 6.07 Å². The highest BCUT2D eigenvalue weighted by atomic mass is 35.5. The van der Waals surface area contributed by atoms with Crippen molar-refractivity contribution in [2.24, 2.45) is 0 Å². The monoisotopic (exact) mass is 376 g/mol.